The number of nitrogens with zero attached hydrogens (tertiary/aromatic N) is 1. The van der Waals surface area contributed by atoms with Crippen LogP contribution in [0.2, 0.25) is 10.0 Å². The van der Waals surface area contributed by atoms with Gasteiger partial charge in [0.2, 0.25) is 0 Å². The molecule has 0 bridgehead atoms. The summed E-state index contributed by atoms with van der Waals surface area (Å²) in [6, 6.07) is 9.76. The average Bonchev–Trinajstić information content (AvgIpc) is 3.33. The number of hydrogen-bond acceptors (Lipinski definition) is 5. The largest absolute Gasteiger partial charge is 0.387 e. The van der Waals surface area contributed by atoms with Crippen LogP contribution in [-0.2, 0) is 12.8 Å². The Bertz CT molecular complexity index is 823. The average molecular weight is 472 g/mol. The van der Waals surface area contributed by atoms with Crippen LogP contribution in [0, 0.1) is 0 Å². The maximum Gasteiger partial charge on any atom is 0.0916 e. The van der Waals surface area contributed by atoms with Gasteiger partial charge in [-0.3, -0.25) is 0 Å². The summed E-state index contributed by atoms with van der Waals surface area (Å²) in [7, 11) is 3.96. The number of aliphatic hydroxyl groups is 1. The Hall–Kier alpha value is -0.920. The number of benzene rings is 1. The molecule has 1 atom stereocenters. The molecule has 2 heterocycles. The Morgan fingerprint density at radius 2 is 1.55 bits per heavy atom. The maximum absolute atomic E-state index is 10.1. The van der Waals surface area contributed by atoms with Gasteiger partial charge in [0.15, 0.2) is 0 Å². The first-order valence-electron chi connectivity index (χ1n) is 9.48. The lowest BCUT2D eigenvalue weighted by molar-refractivity contribution is 0.127. The number of thiophene rings is 2. The fraction of sp³-hybridized carbons (Fsp3) is 0.364. The summed E-state index contributed by atoms with van der Waals surface area (Å²) in [6.45, 7) is 2.52. The van der Waals surface area contributed by atoms with Gasteiger partial charge in [-0.2, -0.15) is 22.7 Å². The molecule has 0 aliphatic rings. The Labute approximate surface area is 191 Å². The van der Waals surface area contributed by atoms with Crippen LogP contribution >= 0.6 is 45.9 Å². The van der Waals surface area contributed by atoms with Crippen molar-refractivity contribution in [2.75, 3.05) is 33.7 Å². The first-order valence-corrected chi connectivity index (χ1v) is 12.1. The van der Waals surface area contributed by atoms with Gasteiger partial charge in [0.25, 0.3) is 0 Å². The van der Waals surface area contributed by atoms with Crippen molar-refractivity contribution >= 4 is 45.9 Å². The van der Waals surface area contributed by atoms with Crippen LogP contribution < -0.4 is 5.32 Å². The molecule has 29 heavy (non-hydrogen) atoms. The Morgan fingerprint density at radius 1 is 0.966 bits per heavy atom. The van der Waals surface area contributed by atoms with Crippen LogP contribution in [0.4, 0.5) is 0 Å². The summed E-state index contributed by atoms with van der Waals surface area (Å²) >= 11 is 15.2. The summed E-state index contributed by atoms with van der Waals surface area (Å²) in [5.41, 5.74) is 3.40. The molecule has 3 nitrogen and oxygen atoms in total. The van der Waals surface area contributed by atoms with Gasteiger partial charge in [-0.15, -0.1) is 0 Å². The zero-order valence-electron chi connectivity index (χ0n) is 16.8. The Balaban J connectivity index is 0.000000253. The molecule has 1 unspecified atom stereocenters. The van der Waals surface area contributed by atoms with E-state index in [1.165, 1.54) is 11.1 Å². The molecule has 0 saturated heterocycles. The third-order valence-corrected chi connectivity index (χ3v) is 7.00. The van der Waals surface area contributed by atoms with Gasteiger partial charge in [0.1, 0.15) is 0 Å². The molecule has 3 aromatic rings. The molecular formula is C22H28Cl2N2OS2. The van der Waals surface area contributed by atoms with Crippen molar-refractivity contribution in [2.45, 2.75) is 18.9 Å². The van der Waals surface area contributed by atoms with Crippen molar-refractivity contribution in [2.24, 2.45) is 0 Å². The molecule has 158 valence electrons. The number of rotatable bonds is 9. The van der Waals surface area contributed by atoms with Crippen LogP contribution in [0.3, 0.4) is 0 Å². The van der Waals surface area contributed by atoms with Crippen LogP contribution in [0.25, 0.3) is 0 Å². The number of hydrogen-bond donors (Lipinski definition) is 2. The lowest BCUT2D eigenvalue weighted by Crippen LogP contribution is -2.26. The van der Waals surface area contributed by atoms with E-state index in [2.05, 4.69) is 21.0 Å². The first-order chi connectivity index (χ1) is 14.0. The van der Waals surface area contributed by atoms with Crippen molar-refractivity contribution in [1.82, 2.24) is 10.2 Å². The third-order valence-electron chi connectivity index (χ3n) is 4.45. The predicted octanol–water partition coefficient (Wildman–Crippen LogP) is 5.77. The molecule has 7 heteroatoms. The van der Waals surface area contributed by atoms with E-state index < -0.39 is 6.10 Å². The van der Waals surface area contributed by atoms with Crippen molar-refractivity contribution in [1.29, 1.82) is 0 Å². The van der Waals surface area contributed by atoms with Crippen molar-refractivity contribution in [3.63, 3.8) is 0 Å². The highest BCUT2D eigenvalue weighted by molar-refractivity contribution is 7.08. The van der Waals surface area contributed by atoms with Crippen LogP contribution in [0.5, 0.6) is 0 Å². The zero-order valence-corrected chi connectivity index (χ0v) is 19.9. The standard InChI is InChI=1S/C15H18ClNOS.C7H10ClNS/c1-17(8-7-13-10-19-11-14(13)16)9-15(18)12-5-3-2-4-6-12;1-9-3-2-6-4-10-5-7(6)8/h2-6,10-11,15,18H,7-9H2,1H3;4-5,9H,2-3H2,1H3. The van der Waals surface area contributed by atoms with Crippen molar-refractivity contribution < 1.29 is 5.11 Å². The third kappa shape index (κ3) is 8.77. The second-order valence-corrected chi connectivity index (χ2v) is 9.08. The van der Waals surface area contributed by atoms with E-state index in [9.17, 15) is 5.11 Å². The molecule has 0 amide bonds. The Kier molecular flexibility index (Phi) is 11.2. The fourth-order valence-electron chi connectivity index (χ4n) is 2.71. The van der Waals surface area contributed by atoms with Crippen LogP contribution in [0.15, 0.2) is 51.9 Å². The minimum absolute atomic E-state index is 0.441. The summed E-state index contributed by atoms with van der Waals surface area (Å²) in [5, 5.41) is 23.1. The molecule has 0 saturated carbocycles. The second kappa shape index (κ2) is 13.4. The molecule has 0 spiro atoms. The topological polar surface area (TPSA) is 35.5 Å². The van der Waals surface area contributed by atoms with Crippen LogP contribution in [0.1, 0.15) is 22.8 Å². The van der Waals surface area contributed by atoms with E-state index in [4.69, 9.17) is 23.2 Å². The summed E-state index contributed by atoms with van der Waals surface area (Å²) in [6.07, 6.45) is 1.50. The van der Waals surface area contributed by atoms with Gasteiger partial charge < -0.3 is 15.3 Å². The van der Waals surface area contributed by atoms with E-state index in [0.29, 0.717) is 6.54 Å². The van der Waals surface area contributed by atoms with Crippen molar-refractivity contribution in [3.05, 3.63) is 78.6 Å². The molecule has 0 aliphatic heterocycles. The van der Waals surface area contributed by atoms with E-state index in [-0.39, 0.29) is 0 Å². The molecule has 0 aliphatic carbocycles. The molecule has 0 radical (unpaired) electrons. The highest BCUT2D eigenvalue weighted by Gasteiger charge is 2.11. The lowest BCUT2D eigenvalue weighted by Gasteiger charge is -2.20. The van der Waals surface area contributed by atoms with E-state index >= 15 is 0 Å². The molecule has 2 N–H and O–H groups in total. The number of likely N-dealkylation sites (N-methyl/N-ethyl adjacent to an activating group) is 2. The second-order valence-electron chi connectivity index (χ2n) is 6.78. The lowest BCUT2D eigenvalue weighted by atomic mass is 10.1. The minimum Gasteiger partial charge on any atom is -0.387 e. The summed E-state index contributed by atoms with van der Waals surface area (Å²) in [5.74, 6) is 0. The van der Waals surface area contributed by atoms with Crippen molar-refractivity contribution in [3.8, 4) is 0 Å². The Morgan fingerprint density at radius 3 is 2.07 bits per heavy atom. The maximum atomic E-state index is 10.1. The normalized spacial score (nSPS) is 11.9. The van der Waals surface area contributed by atoms with Gasteiger partial charge in [-0.05, 0) is 60.9 Å². The quantitative estimate of drug-likeness (QED) is 0.416. The molecule has 3 rings (SSSR count). The molecular weight excluding hydrogens is 443 g/mol. The summed E-state index contributed by atoms with van der Waals surface area (Å²) in [4.78, 5) is 2.13. The SMILES string of the molecule is CN(CCc1cscc1Cl)CC(O)c1ccccc1.CNCCc1cscc1Cl. The molecule has 0 fully saturated rings. The molecule has 1 aromatic carbocycles. The highest BCUT2D eigenvalue weighted by atomic mass is 35.5. The smallest absolute Gasteiger partial charge is 0.0916 e. The zero-order chi connectivity index (χ0) is 21.1. The first kappa shape index (κ1) is 24.4. The number of nitrogens with one attached hydrogen (secondary N) is 1. The highest BCUT2D eigenvalue weighted by Crippen LogP contribution is 2.22. The number of aliphatic hydroxyl groups excluding tert-OH is 1. The monoisotopic (exact) mass is 470 g/mol. The van der Waals surface area contributed by atoms with Gasteiger partial charge in [0, 0.05) is 23.8 Å². The van der Waals surface area contributed by atoms with Gasteiger partial charge in [-0.1, -0.05) is 53.5 Å². The van der Waals surface area contributed by atoms with Gasteiger partial charge in [0.05, 0.1) is 16.1 Å². The van der Waals surface area contributed by atoms with Gasteiger partial charge >= 0.3 is 0 Å². The summed E-state index contributed by atoms with van der Waals surface area (Å²) < 4.78 is 0. The van der Waals surface area contributed by atoms with E-state index in [0.717, 1.165) is 41.5 Å². The van der Waals surface area contributed by atoms with Crippen LogP contribution in [-0.4, -0.2) is 43.7 Å². The van der Waals surface area contributed by atoms with Gasteiger partial charge in [-0.25, -0.2) is 0 Å². The van der Waals surface area contributed by atoms with E-state index in [1.54, 1.807) is 22.7 Å². The van der Waals surface area contributed by atoms with E-state index in [1.807, 2.05) is 55.2 Å². The minimum atomic E-state index is -0.441. The number of halogens is 2. The molecule has 2 aromatic heterocycles. The fourth-order valence-corrected chi connectivity index (χ4v) is 4.94. The predicted molar refractivity (Wildman–Crippen MR) is 129 cm³/mol.